The zero-order valence-corrected chi connectivity index (χ0v) is 12.4. The molecule has 1 aromatic heterocycles. The molecule has 0 unspecified atom stereocenters. The van der Waals surface area contributed by atoms with Gasteiger partial charge in [-0.05, 0) is 38.0 Å². The number of benzene rings is 1. The Balaban J connectivity index is 1.57. The van der Waals surface area contributed by atoms with Crippen LogP contribution >= 0.6 is 0 Å². The van der Waals surface area contributed by atoms with Gasteiger partial charge in [0.1, 0.15) is 6.33 Å². The molecule has 4 heteroatoms. The Labute approximate surface area is 125 Å². The number of ether oxygens (including phenoxy) is 1. The van der Waals surface area contributed by atoms with Gasteiger partial charge < -0.3 is 9.64 Å². The Morgan fingerprint density at radius 3 is 2.90 bits per heavy atom. The highest BCUT2D eigenvalue weighted by Gasteiger charge is 2.20. The molecular weight excluding hydrogens is 262 g/mol. The van der Waals surface area contributed by atoms with Crippen LogP contribution in [0.4, 0.5) is 5.69 Å². The first kappa shape index (κ1) is 14.0. The van der Waals surface area contributed by atoms with Gasteiger partial charge in [-0.3, -0.25) is 0 Å². The number of anilines is 1. The molecule has 0 saturated carbocycles. The van der Waals surface area contributed by atoms with Crippen LogP contribution in [0.5, 0.6) is 0 Å². The van der Waals surface area contributed by atoms with Crippen molar-refractivity contribution in [2.45, 2.75) is 25.9 Å². The molecule has 1 saturated heterocycles. The van der Waals surface area contributed by atoms with Gasteiger partial charge in [0.2, 0.25) is 0 Å². The number of para-hydroxylation sites is 1. The van der Waals surface area contributed by atoms with Crippen LogP contribution in [0, 0.1) is 6.92 Å². The minimum atomic E-state index is 0.272. The van der Waals surface area contributed by atoms with Crippen LogP contribution in [0.2, 0.25) is 0 Å². The summed E-state index contributed by atoms with van der Waals surface area (Å²) in [6.07, 6.45) is 3.85. The summed E-state index contributed by atoms with van der Waals surface area (Å²) in [6.45, 7) is 4.71. The highest BCUT2D eigenvalue weighted by atomic mass is 16.5. The molecule has 1 fully saturated rings. The second-order valence-corrected chi connectivity index (χ2v) is 5.46. The molecule has 0 N–H and O–H groups in total. The highest BCUT2D eigenvalue weighted by Crippen LogP contribution is 2.19. The largest absolute Gasteiger partial charge is 0.375 e. The van der Waals surface area contributed by atoms with Crippen molar-refractivity contribution in [3.8, 4) is 0 Å². The Hall–Kier alpha value is -1.94. The Morgan fingerprint density at radius 1 is 1.24 bits per heavy atom. The third-order valence-electron chi connectivity index (χ3n) is 3.84. The first-order valence-corrected chi connectivity index (χ1v) is 7.50. The second kappa shape index (κ2) is 6.68. The molecule has 3 rings (SSSR count). The van der Waals surface area contributed by atoms with E-state index in [9.17, 15) is 0 Å². The molecule has 0 spiro atoms. The molecule has 1 atom stereocenters. The highest BCUT2D eigenvalue weighted by molar-refractivity contribution is 5.46. The number of nitrogens with zero attached hydrogens (tertiary/aromatic N) is 3. The van der Waals surface area contributed by atoms with E-state index in [0.29, 0.717) is 0 Å². The molecule has 0 bridgehead atoms. The number of rotatable bonds is 4. The number of hydrogen-bond acceptors (Lipinski definition) is 4. The van der Waals surface area contributed by atoms with Crippen LogP contribution in [-0.4, -0.2) is 35.8 Å². The van der Waals surface area contributed by atoms with E-state index in [-0.39, 0.29) is 6.10 Å². The van der Waals surface area contributed by atoms with Crippen LogP contribution in [0.1, 0.15) is 17.8 Å². The SMILES string of the molecule is Cc1cc(CC[C@H]2CN(c3ccccc3)CCO2)ncn1. The van der Waals surface area contributed by atoms with Crippen molar-refractivity contribution in [3.63, 3.8) is 0 Å². The predicted octanol–water partition coefficient (Wildman–Crippen LogP) is 2.62. The summed E-state index contributed by atoms with van der Waals surface area (Å²) in [6, 6.07) is 12.6. The van der Waals surface area contributed by atoms with E-state index in [1.807, 2.05) is 6.92 Å². The quantitative estimate of drug-likeness (QED) is 0.864. The number of aryl methyl sites for hydroxylation is 2. The standard InChI is InChI=1S/C17H21N3O/c1-14-11-15(19-13-18-14)7-8-17-12-20(9-10-21-17)16-5-3-2-4-6-16/h2-6,11,13,17H,7-10,12H2,1H3/t17-/m0/s1. The van der Waals surface area contributed by atoms with Crippen molar-refractivity contribution in [3.05, 3.63) is 54.1 Å². The summed E-state index contributed by atoms with van der Waals surface area (Å²) in [5, 5.41) is 0. The summed E-state index contributed by atoms with van der Waals surface area (Å²) < 4.78 is 5.90. The van der Waals surface area contributed by atoms with Gasteiger partial charge in [-0.25, -0.2) is 9.97 Å². The van der Waals surface area contributed by atoms with Crippen molar-refractivity contribution in [2.24, 2.45) is 0 Å². The molecule has 0 aliphatic carbocycles. The van der Waals surface area contributed by atoms with Gasteiger partial charge in [0.05, 0.1) is 12.7 Å². The molecule has 2 heterocycles. The molecule has 4 nitrogen and oxygen atoms in total. The summed E-state index contributed by atoms with van der Waals surface area (Å²) in [5.74, 6) is 0. The van der Waals surface area contributed by atoms with Crippen LogP contribution < -0.4 is 4.90 Å². The van der Waals surface area contributed by atoms with Gasteiger partial charge in [0, 0.05) is 30.2 Å². The average molecular weight is 283 g/mol. The Morgan fingerprint density at radius 2 is 2.10 bits per heavy atom. The summed E-state index contributed by atoms with van der Waals surface area (Å²) in [4.78, 5) is 10.9. The Bertz CT molecular complexity index is 573. The fraction of sp³-hybridized carbons (Fsp3) is 0.412. The summed E-state index contributed by atoms with van der Waals surface area (Å²) in [5.41, 5.74) is 3.40. The van der Waals surface area contributed by atoms with Crippen molar-refractivity contribution in [2.75, 3.05) is 24.6 Å². The number of hydrogen-bond donors (Lipinski definition) is 0. The average Bonchev–Trinajstić information content (AvgIpc) is 2.54. The number of morpholine rings is 1. The van der Waals surface area contributed by atoms with E-state index in [1.54, 1.807) is 6.33 Å². The van der Waals surface area contributed by atoms with Gasteiger partial charge in [-0.15, -0.1) is 0 Å². The summed E-state index contributed by atoms with van der Waals surface area (Å²) >= 11 is 0. The van der Waals surface area contributed by atoms with Crippen LogP contribution in [0.3, 0.4) is 0 Å². The maximum Gasteiger partial charge on any atom is 0.115 e. The molecule has 2 aromatic rings. The fourth-order valence-electron chi connectivity index (χ4n) is 2.72. The predicted molar refractivity (Wildman–Crippen MR) is 83.5 cm³/mol. The molecule has 21 heavy (non-hydrogen) atoms. The van der Waals surface area contributed by atoms with Crippen LogP contribution in [-0.2, 0) is 11.2 Å². The minimum absolute atomic E-state index is 0.272. The van der Waals surface area contributed by atoms with E-state index in [4.69, 9.17) is 4.74 Å². The van der Waals surface area contributed by atoms with E-state index in [0.717, 1.165) is 43.9 Å². The van der Waals surface area contributed by atoms with Gasteiger partial charge in [-0.2, -0.15) is 0 Å². The van der Waals surface area contributed by atoms with Gasteiger partial charge in [-0.1, -0.05) is 18.2 Å². The van der Waals surface area contributed by atoms with E-state index < -0.39 is 0 Å². The second-order valence-electron chi connectivity index (χ2n) is 5.46. The lowest BCUT2D eigenvalue weighted by molar-refractivity contribution is 0.0353. The lowest BCUT2D eigenvalue weighted by Gasteiger charge is -2.34. The maximum atomic E-state index is 5.90. The van der Waals surface area contributed by atoms with E-state index in [1.165, 1.54) is 5.69 Å². The maximum absolute atomic E-state index is 5.90. The third kappa shape index (κ3) is 3.79. The third-order valence-corrected chi connectivity index (χ3v) is 3.84. The molecule has 0 radical (unpaired) electrons. The fourth-order valence-corrected chi connectivity index (χ4v) is 2.72. The van der Waals surface area contributed by atoms with Gasteiger partial charge in [0.25, 0.3) is 0 Å². The van der Waals surface area contributed by atoms with E-state index in [2.05, 4.69) is 51.3 Å². The van der Waals surface area contributed by atoms with E-state index >= 15 is 0 Å². The molecule has 1 aromatic carbocycles. The smallest absolute Gasteiger partial charge is 0.115 e. The van der Waals surface area contributed by atoms with Crippen molar-refractivity contribution in [1.29, 1.82) is 0 Å². The lowest BCUT2D eigenvalue weighted by atomic mass is 10.1. The van der Waals surface area contributed by atoms with Crippen LogP contribution in [0.25, 0.3) is 0 Å². The lowest BCUT2D eigenvalue weighted by Crippen LogP contribution is -2.42. The zero-order chi connectivity index (χ0) is 14.5. The molecule has 0 amide bonds. The molecule has 1 aliphatic heterocycles. The van der Waals surface area contributed by atoms with Gasteiger partial charge >= 0.3 is 0 Å². The molecular formula is C17H21N3O. The molecule has 1 aliphatic rings. The minimum Gasteiger partial charge on any atom is -0.375 e. The van der Waals surface area contributed by atoms with Crippen molar-refractivity contribution >= 4 is 5.69 Å². The van der Waals surface area contributed by atoms with Gasteiger partial charge in [0.15, 0.2) is 0 Å². The zero-order valence-electron chi connectivity index (χ0n) is 12.4. The normalized spacial score (nSPS) is 18.7. The topological polar surface area (TPSA) is 38.2 Å². The summed E-state index contributed by atoms with van der Waals surface area (Å²) in [7, 11) is 0. The monoisotopic (exact) mass is 283 g/mol. The van der Waals surface area contributed by atoms with Crippen LogP contribution in [0.15, 0.2) is 42.7 Å². The van der Waals surface area contributed by atoms with Crippen molar-refractivity contribution in [1.82, 2.24) is 9.97 Å². The number of aromatic nitrogens is 2. The molecule has 110 valence electrons. The first-order valence-electron chi connectivity index (χ1n) is 7.50. The van der Waals surface area contributed by atoms with Crippen molar-refractivity contribution < 1.29 is 4.74 Å². The first-order chi connectivity index (χ1) is 10.3. The Kier molecular flexibility index (Phi) is 4.46.